The van der Waals surface area contributed by atoms with Gasteiger partial charge in [-0.3, -0.25) is 9.59 Å². The molecule has 0 heterocycles. The van der Waals surface area contributed by atoms with Crippen LogP contribution in [0.15, 0.2) is 0 Å². The molecule has 4 atom stereocenters. The van der Waals surface area contributed by atoms with E-state index < -0.39 is 0 Å². The lowest BCUT2D eigenvalue weighted by atomic mass is 9.63. The molecule has 0 radical (unpaired) electrons. The summed E-state index contributed by atoms with van der Waals surface area (Å²) >= 11 is 0. The number of carbonyl (C=O) groups is 2. The van der Waals surface area contributed by atoms with Crippen LogP contribution in [0.2, 0.25) is 0 Å². The van der Waals surface area contributed by atoms with E-state index >= 15 is 0 Å². The standard InChI is InChI=1S/C20H34O4/c1-13(2)11-23-19(21)17-9-15-7-5-6-8-16(15)10-18(17)20(22)24-12-14(3)4/h13-18H,5-12H2,1-4H3. The van der Waals surface area contributed by atoms with E-state index in [1.807, 2.05) is 27.7 Å². The Hall–Kier alpha value is -1.06. The molecule has 2 aliphatic rings. The minimum atomic E-state index is -0.317. The molecular formula is C20H34O4. The first-order valence-corrected chi connectivity index (χ1v) is 9.71. The lowest BCUT2D eigenvalue weighted by molar-refractivity contribution is -0.167. The molecule has 2 fully saturated rings. The van der Waals surface area contributed by atoms with E-state index in [1.54, 1.807) is 0 Å². The molecule has 4 unspecified atom stereocenters. The SMILES string of the molecule is CC(C)COC(=O)C1CC2CCCCC2CC1C(=O)OCC(C)C. The van der Waals surface area contributed by atoms with Crippen LogP contribution in [0, 0.1) is 35.5 Å². The quantitative estimate of drug-likeness (QED) is 0.681. The first-order chi connectivity index (χ1) is 11.4. The molecule has 0 aromatic heterocycles. The largest absolute Gasteiger partial charge is 0.465 e. The minimum absolute atomic E-state index is 0.195. The molecule has 2 aliphatic carbocycles. The summed E-state index contributed by atoms with van der Waals surface area (Å²) in [7, 11) is 0. The molecule has 24 heavy (non-hydrogen) atoms. The van der Waals surface area contributed by atoms with Gasteiger partial charge in [-0.15, -0.1) is 0 Å². The summed E-state index contributed by atoms with van der Waals surface area (Å²) in [6.45, 7) is 8.97. The second kappa shape index (κ2) is 8.87. The van der Waals surface area contributed by atoms with Crippen molar-refractivity contribution in [3.63, 3.8) is 0 Å². The molecule has 2 saturated carbocycles. The predicted octanol–water partition coefficient (Wildman–Crippen LogP) is 4.22. The molecule has 0 saturated heterocycles. The molecule has 0 aromatic carbocycles. The van der Waals surface area contributed by atoms with Crippen LogP contribution in [-0.4, -0.2) is 25.2 Å². The Kier molecular flexibility index (Phi) is 7.12. The lowest BCUT2D eigenvalue weighted by Crippen LogP contribution is -2.42. The molecule has 0 N–H and O–H groups in total. The highest BCUT2D eigenvalue weighted by atomic mass is 16.5. The summed E-state index contributed by atoms with van der Waals surface area (Å²) in [6, 6.07) is 0. The van der Waals surface area contributed by atoms with Gasteiger partial charge in [-0.2, -0.15) is 0 Å². The molecule has 0 aromatic rings. The van der Waals surface area contributed by atoms with E-state index in [-0.39, 0.29) is 23.8 Å². The van der Waals surface area contributed by atoms with Crippen molar-refractivity contribution in [1.82, 2.24) is 0 Å². The Morgan fingerprint density at radius 1 is 0.792 bits per heavy atom. The normalized spacial score (nSPS) is 30.1. The second-order valence-corrected chi connectivity index (χ2v) is 8.54. The fraction of sp³-hybridized carbons (Fsp3) is 0.900. The van der Waals surface area contributed by atoms with Gasteiger partial charge in [0, 0.05) is 0 Å². The third kappa shape index (κ3) is 5.22. The van der Waals surface area contributed by atoms with E-state index in [2.05, 4.69) is 0 Å². The van der Waals surface area contributed by atoms with Crippen molar-refractivity contribution in [3.8, 4) is 0 Å². The Labute approximate surface area is 146 Å². The summed E-state index contributed by atoms with van der Waals surface area (Å²) in [5.74, 6) is 0.746. The Morgan fingerprint density at radius 2 is 1.17 bits per heavy atom. The van der Waals surface area contributed by atoms with Crippen LogP contribution in [0.1, 0.15) is 66.2 Å². The van der Waals surface area contributed by atoms with Gasteiger partial charge in [-0.25, -0.2) is 0 Å². The average Bonchev–Trinajstić information content (AvgIpc) is 2.56. The summed E-state index contributed by atoms with van der Waals surface area (Å²) in [5.41, 5.74) is 0. The average molecular weight is 338 g/mol. The monoisotopic (exact) mass is 338 g/mol. The van der Waals surface area contributed by atoms with E-state index in [4.69, 9.17) is 9.47 Å². The number of carbonyl (C=O) groups excluding carboxylic acids is 2. The highest BCUT2D eigenvalue weighted by Crippen LogP contribution is 2.46. The zero-order chi connectivity index (χ0) is 17.7. The molecule has 0 bridgehead atoms. The van der Waals surface area contributed by atoms with Gasteiger partial charge in [-0.1, -0.05) is 53.4 Å². The zero-order valence-corrected chi connectivity index (χ0v) is 15.8. The topological polar surface area (TPSA) is 52.6 Å². The third-order valence-corrected chi connectivity index (χ3v) is 5.39. The van der Waals surface area contributed by atoms with Gasteiger partial charge in [0.25, 0.3) is 0 Å². The number of esters is 2. The fourth-order valence-electron chi connectivity index (χ4n) is 4.12. The number of hydrogen-bond acceptors (Lipinski definition) is 4. The van der Waals surface area contributed by atoms with E-state index in [0.29, 0.717) is 36.9 Å². The maximum Gasteiger partial charge on any atom is 0.309 e. The van der Waals surface area contributed by atoms with Crippen molar-refractivity contribution >= 4 is 11.9 Å². The van der Waals surface area contributed by atoms with Gasteiger partial charge in [0.1, 0.15) is 0 Å². The smallest absolute Gasteiger partial charge is 0.309 e. The molecule has 4 nitrogen and oxygen atoms in total. The second-order valence-electron chi connectivity index (χ2n) is 8.54. The first-order valence-electron chi connectivity index (χ1n) is 9.71. The molecule has 2 rings (SSSR count). The maximum absolute atomic E-state index is 12.6. The number of ether oxygens (including phenoxy) is 2. The molecule has 0 aliphatic heterocycles. The Bertz CT molecular complexity index is 389. The van der Waals surface area contributed by atoms with Gasteiger partial charge < -0.3 is 9.47 Å². The van der Waals surface area contributed by atoms with Crippen molar-refractivity contribution in [1.29, 1.82) is 0 Å². The van der Waals surface area contributed by atoms with Crippen molar-refractivity contribution in [2.75, 3.05) is 13.2 Å². The molecule has 0 amide bonds. The molecule has 138 valence electrons. The molecular weight excluding hydrogens is 304 g/mol. The highest BCUT2D eigenvalue weighted by molar-refractivity contribution is 5.82. The highest BCUT2D eigenvalue weighted by Gasteiger charge is 2.45. The predicted molar refractivity (Wildman–Crippen MR) is 93.3 cm³/mol. The fourth-order valence-corrected chi connectivity index (χ4v) is 4.12. The van der Waals surface area contributed by atoms with Crippen LogP contribution in [0.4, 0.5) is 0 Å². The third-order valence-electron chi connectivity index (χ3n) is 5.39. The van der Waals surface area contributed by atoms with Gasteiger partial charge in [0.15, 0.2) is 0 Å². The van der Waals surface area contributed by atoms with Crippen LogP contribution in [-0.2, 0) is 19.1 Å². The number of fused-ring (bicyclic) bond motifs is 1. The summed E-state index contributed by atoms with van der Waals surface area (Å²) in [4.78, 5) is 25.2. The number of hydrogen-bond donors (Lipinski definition) is 0. The van der Waals surface area contributed by atoms with Crippen molar-refractivity contribution in [3.05, 3.63) is 0 Å². The maximum atomic E-state index is 12.6. The minimum Gasteiger partial charge on any atom is -0.465 e. The van der Waals surface area contributed by atoms with Crippen LogP contribution in [0.25, 0.3) is 0 Å². The van der Waals surface area contributed by atoms with E-state index in [9.17, 15) is 9.59 Å². The summed E-state index contributed by atoms with van der Waals surface area (Å²) in [5, 5.41) is 0. The van der Waals surface area contributed by atoms with E-state index in [1.165, 1.54) is 25.7 Å². The first kappa shape index (κ1) is 19.3. The van der Waals surface area contributed by atoms with Crippen LogP contribution >= 0.6 is 0 Å². The van der Waals surface area contributed by atoms with Crippen molar-refractivity contribution in [2.24, 2.45) is 35.5 Å². The zero-order valence-electron chi connectivity index (χ0n) is 15.8. The van der Waals surface area contributed by atoms with E-state index in [0.717, 1.165) is 12.8 Å². The van der Waals surface area contributed by atoms with Gasteiger partial charge in [0.05, 0.1) is 25.0 Å². The van der Waals surface area contributed by atoms with Gasteiger partial charge in [0.2, 0.25) is 0 Å². The molecule has 0 spiro atoms. The van der Waals surface area contributed by atoms with Gasteiger partial charge >= 0.3 is 11.9 Å². The van der Waals surface area contributed by atoms with Gasteiger partial charge in [-0.05, 0) is 36.5 Å². The summed E-state index contributed by atoms with van der Waals surface area (Å²) in [6.07, 6.45) is 6.46. The molecule has 4 heteroatoms. The van der Waals surface area contributed by atoms with Crippen LogP contribution in [0.5, 0.6) is 0 Å². The lowest BCUT2D eigenvalue weighted by Gasteiger charge is -2.42. The van der Waals surface area contributed by atoms with Crippen molar-refractivity contribution in [2.45, 2.75) is 66.2 Å². The van der Waals surface area contributed by atoms with Crippen LogP contribution in [0.3, 0.4) is 0 Å². The van der Waals surface area contributed by atoms with Crippen molar-refractivity contribution < 1.29 is 19.1 Å². The van der Waals surface area contributed by atoms with Crippen LogP contribution < -0.4 is 0 Å². The Morgan fingerprint density at radius 3 is 1.50 bits per heavy atom. The summed E-state index contributed by atoms with van der Waals surface area (Å²) < 4.78 is 11.0. The number of rotatable bonds is 6. The Balaban J connectivity index is 2.05.